The van der Waals surface area contributed by atoms with Gasteiger partial charge in [-0.25, -0.2) is 0 Å². The van der Waals surface area contributed by atoms with Crippen LogP contribution in [0.15, 0.2) is 134 Å². The minimum absolute atomic E-state index is 0.0392. The first-order valence-electron chi connectivity index (χ1n) is 14.0. The van der Waals surface area contributed by atoms with Crippen LogP contribution >= 0.6 is 0 Å². The van der Waals surface area contributed by atoms with Gasteiger partial charge in [-0.2, -0.15) is 0 Å². The Hall–Kier alpha value is -4.03. The van der Waals surface area contributed by atoms with Gasteiger partial charge in [0.15, 0.2) is 11.7 Å². The molecule has 5 nitrogen and oxygen atoms in total. The van der Waals surface area contributed by atoms with E-state index in [1.807, 2.05) is 128 Å². The average molecular weight is 551 g/mol. The zero-order valence-corrected chi connectivity index (χ0v) is 23.4. The molecule has 4 aromatic carbocycles. The Morgan fingerprint density at radius 3 is 1.83 bits per heavy atom. The number of aliphatic hydroxyl groups is 2. The molecule has 0 aliphatic heterocycles. The molecule has 4 rings (SSSR count). The summed E-state index contributed by atoms with van der Waals surface area (Å²) in [7, 11) is 0. The van der Waals surface area contributed by atoms with Gasteiger partial charge in [0, 0.05) is 12.3 Å². The normalized spacial score (nSPS) is 14.4. The topological polar surface area (TPSA) is 76.0 Å². The van der Waals surface area contributed by atoms with Crippen molar-refractivity contribution in [2.45, 2.75) is 50.3 Å². The van der Waals surface area contributed by atoms with Gasteiger partial charge in [-0.15, -0.1) is 6.58 Å². The molecule has 0 amide bonds. The number of carbonyl (C=O) groups excluding carboxylic acids is 1. The fourth-order valence-electron chi connectivity index (χ4n) is 4.96. The van der Waals surface area contributed by atoms with E-state index in [0.717, 1.165) is 5.56 Å². The van der Waals surface area contributed by atoms with Crippen molar-refractivity contribution < 1.29 is 24.5 Å². The summed E-state index contributed by atoms with van der Waals surface area (Å²) < 4.78 is 12.2. The van der Waals surface area contributed by atoms with E-state index >= 15 is 0 Å². The van der Waals surface area contributed by atoms with Gasteiger partial charge in [0.1, 0.15) is 0 Å². The van der Waals surface area contributed by atoms with Gasteiger partial charge in [0.25, 0.3) is 0 Å². The van der Waals surface area contributed by atoms with Gasteiger partial charge in [-0.1, -0.05) is 134 Å². The highest BCUT2D eigenvalue weighted by molar-refractivity contribution is 5.70. The van der Waals surface area contributed by atoms with E-state index in [-0.39, 0.29) is 24.9 Å². The molecule has 0 aliphatic rings. The van der Waals surface area contributed by atoms with Crippen molar-refractivity contribution in [1.29, 1.82) is 0 Å². The fraction of sp³-hybridized carbons (Fsp3) is 0.250. The van der Waals surface area contributed by atoms with Gasteiger partial charge in [-0.05, 0) is 22.3 Å². The van der Waals surface area contributed by atoms with Crippen LogP contribution in [-0.2, 0) is 26.5 Å². The maximum absolute atomic E-state index is 13.4. The Labute approximate surface area is 242 Å². The Bertz CT molecular complexity index is 1300. The van der Waals surface area contributed by atoms with Gasteiger partial charge >= 0.3 is 5.97 Å². The Morgan fingerprint density at radius 1 is 0.829 bits per heavy atom. The van der Waals surface area contributed by atoms with Crippen LogP contribution in [0.25, 0.3) is 0 Å². The number of hydrogen-bond donors (Lipinski definition) is 2. The highest BCUT2D eigenvalue weighted by atomic mass is 16.6. The molecule has 5 heteroatoms. The highest BCUT2D eigenvalue weighted by Crippen LogP contribution is 2.43. The zero-order valence-electron chi connectivity index (χ0n) is 23.4. The van der Waals surface area contributed by atoms with Crippen LogP contribution < -0.4 is 0 Å². The zero-order chi connectivity index (χ0) is 29.1. The summed E-state index contributed by atoms with van der Waals surface area (Å²) in [6, 6.07) is 37.4. The van der Waals surface area contributed by atoms with E-state index in [1.165, 1.54) is 0 Å². The number of benzene rings is 4. The molecule has 212 valence electrons. The number of ether oxygens (including phenoxy) is 2. The van der Waals surface area contributed by atoms with Crippen molar-refractivity contribution in [1.82, 2.24) is 0 Å². The van der Waals surface area contributed by atoms with Crippen molar-refractivity contribution in [3.8, 4) is 0 Å². The molecule has 4 aromatic rings. The third-order valence-electron chi connectivity index (χ3n) is 7.33. The van der Waals surface area contributed by atoms with Crippen molar-refractivity contribution in [2.24, 2.45) is 5.92 Å². The first kappa shape index (κ1) is 29.9. The first-order valence-corrected chi connectivity index (χ1v) is 14.0. The molecule has 0 spiro atoms. The first-order chi connectivity index (χ1) is 19.9. The quantitative estimate of drug-likeness (QED) is 0.134. The smallest absolute Gasteiger partial charge is 0.309 e. The predicted octanol–water partition coefficient (Wildman–Crippen LogP) is 6.76. The molecule has 4 atom stereocenters. The third-order valence-corrected chi connectivity index (χ3v) is 7.33. The second kappa shape index (κ2) is 14.6. The second-order valence-corrected chi connectivity index (χ2v) is 10.3. The summed E-state index contributed by atoms with van der Waals surface area (Å²) in [5, 5.41) is 23.4. The van der Waals surface area contributed by atoms with Crippen LogP contribution in [0.1, 0.15) is 48.1 Å². The number of carbonyl (C=O) groups is 1. The van der Waals surface area contributed by atoms with E-state index in [0.29, 0.717) is 23.3 Å². The van der Waals surface area contributed by atoms with Crippen LogP contribution in [0.3, 0.4) is 0 Å². The number of esters is 1. The molecule has 0 saturated heterocycles. The van der Waals surface area contributed by atoms with Crippen LogP contribution in [0.4, 0.5) is 0 Å². The van der Waals surface area contributed by atoms with Crippen LogP contribution in [0, 0.1) is 5.92 Å². The molecule has 0 radical (unpaired) electrons. The van der Waals surface area contributed by atoms with Crippen molar-refractivity contribution in [3.63, 3.8) is 0 Å². The lowest BCUT2D eigenvalue weighted by atomic mass is 9.79. The lowest BCUT2D eigenvalue weighted by Crippen LogP contribution is -2.38. The lowest BCUT2D eigenvalue weighted by molar-refractivity contribution is -0.166. The summed E-state index contributed by atoms with van der Waals surface area (Å²) in [5.41, 5.74) is 1.15. The molecular weight excluding hydrogens is 512 g/mol. The van der Waals surface area contributed by atoms with Crippen LogP contribution in [0.2, 0.25) is 0 Å². The fourth-order valence-corrected chi connectivity index (χ4v) is 4.96. The molecule has 0 unspecified atom stereocenters. The van der Waals surface area contributed by atoms with Gasteiger partial charge in [0.05, 0.1) is 25.2 Å². The van der Waals surface area contributed by atoms with Gasteiger partial charge in [0.2, 0.25) is 0 Å². The van der Waals surface area contributed by atoms with Crippen molar-refractivity contribution in [2.75, 3.05) is 0 Å². The average Bonchev–Trinajstić information content (AvgIpc) is 3.03. The number of aliphatic hydroxyl groups excluding tert-OH is 1. The van der Waals surface area contributed by atoms with Gasteiger partial charge < -0.3 is 19.7 Å². The molecule has 0 fully saturated rings. The summed E-state index contributed by atoms with van der Waals surface area (Å²) in [4.78, 5) is 13.4. The maximum atomic E-state index is 13.4. The molecule has 0 aromatic heterocycles. The van der Waals surface area contributed by atoms with E-state index in [1.54, 1.807) is 6.08 Å². The number of hydrogen-bond acceptors (Lipinski definition) is 5. The minimum Gasteiger partial charge on any atom is -0.454 e. The Morgan fingerprint density at radius 2 is 1.32 bits per heavy atom. The molecule has 2 N–H and O–H groups in total. The van der Waals surface area contributed by atoms with Gasteiger partial charge in [-0.3, -0.25) is 4.79 Å². The molecule has 0 heterocycles. The van der Waals surface area contributed by atoms with E-state index < -0.39 is 23.8 Å². The van der Waals surface area contributed by atoms with E-state index in [4.69, 9.17) is 9.47 Å². The van der Waals surface area contributed by atoms with Crippen molar-refractivity contribution >= 4 is 5.97 Å². The van der Waals surface area contributed by atoms with E-state index in [2.05, 4.69) is 6.58 Å². The SMILES string of the molecule is C=C[C@H](C)[C@H](C[C@H](O)CC(=O)O[C@H](c1ccccc1)C(O)(c1ccccc1)c1ccccc1)OCc1ccccc1. The molecule has 0 aliphatic carbocycles. The highest BCUT2D eigenvalue weighted by Gasteiger charge is 2.44. The Kier molecular flexibility index (Phi) is 10.6. The largest absolute Gasteiger partial charge is 0.454 e. The van der Waals surface area contributed by atoms with Crippen LogP contribution in [-0.4, -0.2) is 28.4 Å². The monoisotopic (exact) mass is 550 g/mol. The second-order valence-electron chi connectivity index (χ2n) is 10.3. The van der Waals surface area contributed by atoms with Crippen LogP contribution in [0.5, 0.6) is 0 Å². The predicted molar refractivity (Wildman–Crippen MR) is 161 cm³/mol. The molecular formula is C36H38O5. The third kappa shape index (κ3) is 7.80. The molecule has 0 saturated carbocycles. The Balaban J connectivity index is 1.55. The van der Waals surface area contributed by atoms with E-state index in [9.17, 15) is 15.0 Å². The summed E-state index contributed by atoms with van der Waals surface area (Å²) >= 11 is 0. The summed E-state index contributed by atoms with van der Waals surface area (Å²) in [6.07, 6.45) is -0.656. The van der Waals surface area contributed by atoms with Crippen molar-refractivity contribution in [3.05, 3.63) is 156 Å². The molecule has 41 heavy (non-hydrogen) atoms. The molecule has 0 bridgehead atoms. The number of rotatable bonds is 14. The minimum atomic E-state index is -1.68. The summed E-state index contributed by atoms with van der Waals surface area (Å²) in [5.74, 6) is -0.660. The maximum Gasteiger partial charge on any atom is 0.309 e. The standard InChI is InChI=1S/C36H38O5/c1-3-27(2)33(40-26-28-16-8-4-9-17-28)24-32(37)25-34(38)41-35(29-18-10-5-11-19-29)36(39,30-20-12-6-13-21-30)31-22-14-7-15-23-31/h3-23,27,32-33,35,37,39H,1,24-26H2,2H3/t27-,32-,33-,35+/m0/s1. The summed E-state index contributed by atoms with van der Waals surface area (Å²) in [6.45, 7) is 6.24. The lowest BCUT2D eigenvalue weighted by Gasteiger charge is -2.37.